The van der Waals surface area contributed by atoms with Gasteiger partial charge in [0.15, 0.2) is 0 Å². The summed E-state index contributed by atoms with van der Waals surface area (Å²) in [5, 5.41) is 0. The molecule has 2 heterocycles. The standard InChI is InChI=1S/C24H26N2O4S/c1-17-8-9-21(16-18(17)2)31(29,30)26-22(10-11-23(26)27)24(28)25-14-12-20(13-15-25)19-6-4-3-5-7-19/h3-9,12,16,22H,10-11,13-15H2,1-2H3/t22-/m0/s1. The van der Waals surface area contributed by atoms with Gasteiger partial charge in [-0.25, -0.2) is 12.7 Å². The van der Waals surface area contributed by atoms with E-state index in [0.717, 1.165) is 21.0 Å². The zero-order valence-electron chi connectivity index (χ0n) is 17.7. The normalized spacial score (nSPS) is 19.5. The number of carbonyl (C=O) groups is 2. The molecule has 6 nitrogen and oxygen atoms in total. The van der Waals surface area contributed by atoms with E-state index in [1.54, 1.807) is 17.0 Å². The Morgan fingerprint density at radius 3 is 2.39 bits per heavy atom. The van der Waals surface area contributed by atoms with Crippen LogP contribution in [0.3, 0.4) is 0 Å². The summed E-state index contributed by atoms with van der Waals surface area (Å²) in [7, 11) is -4.09. The molecule has 4 rings (SSSR count). The molecule has 31 heavy (non-hydrogen) atoms. The van der Waals surface area contributed by atoms with Crippen LogP contribution in [0.15, 0.2) is 59.5 Å². The third-order valence-corrected chi connectivity index (χ3v) is 7.97. The topological polar surface area (TPSA) is 74.8 Å². The van der Waals surface area contributed by atoms with Crippen LogP contribution in [-0.4, -0.2) is 48.6 Å². The lowest BCUT2D eigenvalue weighted by Gasteiger charge is -2.32. The van der Waals surface area contributed by atoms with Gasteiger partial charge in [-0.2, -0.15) is 0 Å². The van der Waals surface area contributed by atoms with Crippen LogP contribution >= 0.6 is 0 Å². The molecule has 1 saturated heterocycles. The largest absolute Gasteiger partial charge is 0.337 e. The van der Waals surface area contributed by atoms with Gasteiger partial charge in [0.2, 0.25) is 11.8 Å². The molecule has 0 unspecified atom stereocenters. The molecule has 162 valence electrons. The summed E-state index contributed by atoms with van der Waals surface area (Å²) in [5.74, 6) is -0.823. The quantitative estimate of drug-likeness (QED) is 0.734. The molecule has 0 saturated carbocycles. The second-order valence-corrected chi connectivity index (χ2v) is 9.94. The van der Waals surface area contributed by atoms with Gasteiger partial charge >= 0.3 is 0 Å². The first-order chi connectivity index (χ1) is 14.8. The van der Waals surface area contributed by atoms with Crippen molar-refractivity contribution in [1.82, 2.24) is 9.21 Å². The highest BCUT2D eigenvalue weighted by Crippen LogP contribution is 2.30. The summed E-state index contributed by atoms with van der Waals surface area (Å²) in [6, 6.07) is 13.8. The molecule has 2 aliphatic rings. The Bertz CT molecular complexity index is 1160. The van der Waals surface area contributed by atoms with Crippen molar-refractivity contribution in [1.29, 1.82) is 0 Å². The minimum atomic E-state index is -4.09. The summed E-state index contributed by atoms with van der Waals surface area (Å²) >= 11 is 0. The molecule has 1 fully saturated rings. The maximum absolute atomic E-state index is 13.3. The van der Waals surface area contributed by atoms with Crippen LogP contribution < -0.4 is 0 Å². The number of hydrogen-bond acceptors (Lipinski definition) is 4. The number of aryl methyl sites for hydroxylation is 2. The number of rotatable bonds is 4. The van der Waals surface area contributed by atoms with Crippen molar-refractivity contribution in [3.63, 3.8) is 0 Å². The first-order valence-corrected chi connectivity index (χ1v) is 11.9. The molecular formula is C24H26N2O4S. The zero-order valence-corrected chi connectivity index (χ0v) is 18.6. The Morgan fingerprint density at radius 1 is 1.00 bits per heavy atom. The smallest absolute Gasteiger partial charge is 0.267 e. The summed E-state index contributed by atoms with van der Waals surface area (Å²) < 4.78 is 27.3. The fraction of sp³-hybridized carbons (Fsp3) is 0.333. The van der Waals surface area contributed by atoms with Crippen LogP contribution in [0.1, 0.15) is 36.0 Å². The van der Waals surface area contributed by atoms with Crippen LogP contribution in [-0.2, 0) is 19.6 Å². The number of sulfonamides is 1. The molecule has 0 aliphatic carbocycles. The van der Waals surface area contributed by atoms with E-state index in [9.17, 15) is 18.0 Å². The Kier molecular flexibility index (Phi) is 5.71. The number of carbonyl (C=O) groups excluding carboxylic acids is 2. The first kappa shape index (κ1) is 21.3. The second kappa shape index (κ2) is 8.30. The highest BCUT2D eigenvalue weighted by atomic mass is 32.2. The maximum Gasteiger partial charge on any atom is 0.267 e. The van der Waals surface area contributed by atoms with Gasteiger partial charge in [0.05, 0.1) is 4.90 Å². The first-order valence-electron chi connectivity index (χ1n) is 10.5. The number of amides is 2. The number of nitrogens with zero attached hydrogens (tertiary/aromatic N) is 2. The molecule has 2 aliphatic heterocycles. The van der Waals surface area contributed by atoms with Gasteiger partial charge < -0.3 is 4.90 Å². The molecule has 0 radical (unpaired) electrons. The fourth-order valence-corrected chi connectivity index (χ4v) is 5.85. The van der Waals surface area contributed by atoms with Crippen molar-refractivity contribution in [2.24, 2.45) is 0 Å². The van der Waals surface area contributed by atoms with Crippen LogP contribution in [0.4, 0.5) is 0 Å². The number of benzene rings is 2. The van der Waals surface area contributed by atoms with Crippen LogP contribution in [0, 0.1) is 13.8 Å². The zero-order chi connectivity index (χ0) is 22.2. The molecular weight excluding hydrogens is 412 g/mol. The molecule has 2 aromatic rings. The van der Waals surface area contributed by atoms with E-state index in [1.165, 1.54) is 11.6 Å². The van der Waals surface area contributed by atoms with E-state index in [0.29, 0.717) is 19.5 Å². The van der Waals surface area contributed by atoms with E-state index in [4.69, 9.17) is 0 Å². The van der Waals surface area contributed by atoms with E-state index in [1.807, 2.05) is 50.3 Å². The molecule has 7 heteroatoms. The Labute approximate surface area is 183 Å². The third kappa shape index (κ3) is 4.02. The van der Waals surface area contributed by atoms with E-state index in [-0.39, 0.29) is 23.6 Å². The monoisotopic (exact) mass is 438 g/mol. The van der Waals surface area contributed by atoms with Crippen molar-refractivity contribution in [2.45, 2.75) is 44.0 Å². The highest BCUT2D eigenvalue weighted by molar-refractivity contribution is 7.89. The molecule has 0 spiro atoms. The van der Waals surface area contributed by atoms with Crippen LogP contribution in [0.25, 0.3) is 5.57 Å². The summed E-state index contributed by atoms with van der Waals surface area (Å²) in [5.41, 5.74) is 4.09. The van der Waals surface area contributed by atoms with Gasteiger partial charge in [-0.3, -0.25) is 9.59 Å². The molecule has 0 N–H and O–H groups in total. The Hall–Kier alpha value is -2.93. The SMILES string of the molecule is Cc1ccc(S(=O)(=O)N2C(=O)CC[C@H]2C(=O)N2CC=C(c3ccccc3)CC2)cc1C. The molecule has 0 bridgehead atoms. The minimum absolute atomic E-state index is 0.0496. The van der Waals surface area contributed by atoms with E-state index in [2.05, 4.69) is 0 Å². The summed E-state index contributed by atoms with van der Waals surface area (Å²) in [6.07, 6.45) is 2.98. The van der Waals surface area contributed by atoms with Crippen molar-refractivity contribution in [2.75, 3.05) is 13.1 Å². The van der Waals surface area contributed by atoms with Crippen molar-refractivity contribution < 1.29 is 18.0 Å². The fourth-order valence-electron chi connectivity index (χ4n) is 4.17. The van der Waals surface area contributed by atoms with Crippen LogP contribution in [0.5, 0.6) is 0 Å². The Balaban J connectivity index is 1.56. The van der Waals surface area contributed by atoms with Gasteiger partial charge in [-0.1, -0.05) is 42.5 Å². The highest BCUT2D eigenvalue weighted by Gasteiger charge is 2.45. The molecule has 1 atom stereocenters. The van der Waals surface area contributed by atoms with Crippen molar-refractivity contribution in [3.05, 3.63) is 71.3 Å². The Morgan fingerprint density at radius 2 is 1.74 bits per heavy atom. The van der Waals surface area contributed by atoms with Gasteiger partial charge in [-0.05, 0) is 61.1 Å². The van der Waals surface area contributed by atoms with E-state index >= 15 is 0 Å². The van der Waals surface area contributed by atoms with E-state index < -0.39 is 22.0 Å². The minimum Gasteiger partial charge on any atom is -0.337 e. The lowest BCUT2D eigenvalue weighted by Crippen LogP contribution is -2.49. The molecule has 2 aromatic carbocycles. The average Bonchev–Trinajstić information content (AvgIpc) is 3.18. The number of hydrogen-bond donors (Lipinski definition) is 0. The van der Waals surface area contributed by atoms with Gasteiger partial charge in [-0.15, -0.1) is 0 Å². The average molecular weight is 439 g/mol. The maximum atomic E-state index is 13.3. The third-order valence-electron chi connectivity index (χ3n) is 6.15. The van der Waals surface area contributed by atoms with Crippen molar-refractivity contribution >= 4 is 27.4 Å². The van der Waals surface area contributed by atoms with Crippen LogP contribution in [0.2, 0.25) is 0 Å². The van der Waals surface area contributed by atoms with Gasteiger partial charge in [0.25, 0.3) is 10.0 Å². The van der Waals surface area contributed by atoms with Gasteiger partial charge in [0.1, 0.15) is 6.04 Å². The lowest BCUT2D eigenvalue weighted by molar-refractivity contribution is -0.137. The predicted molar refractivity (Wildman–Crippen MR) is 119 cm³/mol. The predicted octanol–water partition coefficient (Wildman–Crippen LogP) is 3.30. The van der Waals surface area contributed by atoms with Gasteiger partial charge in [0, 0.05) is 19.5 Å². The van der Waals surface area contributed by atoms with Crippen molar-refractivity contribution in [3.8, 4) is 0 Å². The lowest BCUT2D eigenvalue weighted by atomic mass is 9.99. The molecule has 0 aromatic heterocycles. The summed E-state index contributed by atoms with van der Waals surface area (Å²) in [6.45, 7) is 4.63. The second-order valence-electron chi connectivity index (χ2n) is 8.12. The summed E-state index contributed by atoms with van der Waals surface area (Å²) in [4.78, 5) is 27.5. The molecule has 2 amide bonds.